The molecule has 1 rings (SSSR count). The highest BCUT2D eigenvalue weighted by molar-refractivity contribution is 14.1. The van der Waals surface area contributed by atoms with Gasteiger partial charge >= 0.3 is 0 Å². The van der Waals surface area contributed by atoms with Gasteiger partial charge < -0.3 is 8.38 Å². The Bertz CT molecular complexity index is 264. The zero-order valence-electron chi connectivity index (χ0n) is 7.00. The summed E-state index contributed by atoms with van der Waals surface area (Å²) in [5, 5.41) is 2.73. The van der Waals surface area contributed by atoms with E-state index in [0.29, 0.717) is 6.54 Å². The van der Waals surface area contributed by atoms with Gasteiger partial charge in [-0.05, 0) is 5.56 Å². The predicted molar refractivity (Wildman–Crippen MR) is 58.3 cm³/mol. The summed E-state index contributed by atoms with van der Waals surface area (Å²) in [7, 11) is 0. The van der Waals surface area contributed by atoms with Gasteiger partial charge in [-0.15, -0.1) is 0 Å². The molecule has 1 aromatic rings. The Kier molecular flexibility index (Phi) is 4.77. The second-order valence-corrected chi connectivity index (χ2v) is 3.14. The zero-order chi connectivity index (χ0) is 9.52. The molecule has 0 spiro atoms. The lowest BCUT2D eigenvalue weighted by molar-refractivity contribution is -0.122. The summed E-state index contributed by atoms with van der Waals surface area (Å²) in [5.41, 5.74) is 1.09. The first-order chi connectivity index (χ1) is 6.33. The molecule has 3 nitrogen and oxygen atoms in total. The van der Waals surface area contributed by atoms with E-state index in [9.17, 15) is 4.79 Å². The van der Waals surface area contributed by atoms with Crippen LogP contribution in [-0.2, 0) is 14.4 Å². The molecule has 0 aliphatic heterocycles. The van der Waals surface area contributed by atoms with Crippen LogP contribution in [-0.4, -0.2) is 12.5 Å². The monoisotopic (exact) mass is 291 g/mol. The molecule has 0 fully saturated rings. The second-order valence-electron chi connectivity index (χ2n) is 2.52. The molecule has 13 heavy (non-hydrogen) atoms. The Morgan fingerprint density at radius 2 is 2.08 bits per heavy atom. The lowest BCUT2D eigenvalue weighted by Gasteiger charge is -2.02. The van der Waals surface area contributed by atoms with Crippen LogP contribution in [0.3, 0.4) is 0 Å². The molecule has 0 saturated carbocycles. The van der Waals surface area contributed by atoms with E-state index in [0.717, 1.165) is 5.56 Å². The Balaban J connectivity index is 2.31. The van der Waals surface area contributed by atoms with Gasteiger partial charge in [-0.3, -0.25) is 4.79 Å². The summed E-state index contributed by atoms with van der Waals surface area (Å²) < 4.78 is 4.65. The molecule has 0 unspecified atom stereocenters. The van der Waals surface area contributed by atoms with E-state index in [1.807, 2.05) is 30.3 Å². The first kappa shape index (κ1) is 10.5. The highest BCUT2D eigenvalue weighted by Crippen LogP contribution is 1.97. The second kappa shape index (κ2) is 5.93. The van der Waals surface area contributed by atoms with Crippen LogP contribution in [0, 0.1) is 0 Å². The maximum atomic E-state index is 11.0. The molecule has 0 aromatic heterocycles. The van der Waals surface area contributed by atoms with Gasteiger partial charge in [0.15, 0.2) is 0 Å². The van der Waals surface area contributed by atoms with Gasteiger partial charge in [0, 0.05) is 6.54 Å². The quantitative estimate of drug-likeness (QED) is 0.857. The van der Waals surface area contributed by atoms with Crippen LogP contribution in [0.15, 0.2) is 30.3 Å². The first-order valence-corrected chi connectivity index (χ1v) is 4.75. The third-order valence-corrected chi connectivity index (χ3v) is 1.83. The average molecular weight is 291 g/mol. The zero-order valence-corrected chi connectivity index (χ0v) is 9.15. The number of amides is 1. The van der Waals surface area contributed by atoms with Crippen molar-refractivity contribution in [3.63, 3.8) is 0 Å². The van der Waals surface area contributed by atoms with Crippen LogP contribution in [0.4, 0.5) is 0 Å². The van der Waals surface area contributed by atoms with E-state index in [1.165, 1.54) is 0 Å². The van der Waals surface area contributed by atoms with Crippen LogP contribution in [0.1, 0.15) is 5.56 Å². The third-order valence-electron chi connectivity index (χ3n) is 1.52. The fourth-order valence-electron chi connectivity index (χ4n) is 0.897. The maximum Gasteiger partial charge on any atom is 0.247 e. The van der Waals surface area contributed by atoms with Crippen molar-refractivity contribution in [2.45, 2.75) is 6.54 Å². The van der Waals surface area contributed by atoms with Crippen molar-refractivity contribution < 1.29 is 7.86 Å². The third kappa shape index (κ3) is 4.23. The number of halogens is 1. The van der Waals surface area contributed by atoms with Crippen molar-refractivity contribution in [1.82, 2.24) is 5.32 Å². The molecule has 0 saturated heterocycles. The van der Waals surface area contributed by atoms with E-state index in [1.54, 1.807) is 23.0 Å². The van der Waals surface area contributed by atoms with Crippen LogP contribution >= 0.6 is 23.0 Å². The summed E-state index contributed by atoms with van der Waals surface area (Å²) in [6.07, 6.45) is 0. The molecule has 0 radical (unpaired) electrons. The molecule has 1 amide bonds. The molecule has 0 bridgehead atoms. The van der Waals surface area contributed by atoms with Gasteiger partial charge in [0.05, 0.1) is 0 Å². The number of hydrogen-bond donors (Lipinski definition) is 1. The number of rotatable bonds is 4. The van der Waals surface area contributed by atoms with Crippen LogP contribution < -0.4 is 5.32 Å². The van der Waals surface area contributed by atoms with E-state index >= 15 is 0 Å². The average Bonchev–Trinajstić information content (AvgIpc) is 2.17. The van der Waals surface area contributed by atoms with Crippen molar-refractivity contribution >= 4 is 28.9 Å². The lowest BCUT2D eigenvalue weighted by Crippen LogP contribution is -2.25. The van der Waals surface area contributed by atoms with Gasteiger partial charge in [0.2, 0.25) is 5.91 Å². The summed E-state index contributed by atoms with van der Waals surface area (Å²) in [6, 6.07) is 9.75. The molecule has 0 aliphatic rings. The number of nitrogens with one attached hydrogen (secondary N) is 1. The molecule has 70 valence electrons. The highest BCUT2D eigenvalue weighted by Gasteiger charge is 1.98. The van der Waals surface area contributed by atoms with Crippen LogP contribution in [0.25, 0.3) is 0 Å². The SMILES string of the molecule is O=C(COI)NCc1ccccc1. The predicted octanol–water partition coefficient (Wildman–Crippen LogP) is 1.67. The van der Waals surface area contributed by atoms with Gasteiger partial charge in [-0.2, -0.15) is 0 Å². The van der Waals surface area contributed by atoms with Crippen molar-refractivity contribution in [3.05, 3.63) is 35.9 Å². The highest BCUT2D eigenvalue weighted by atomic mass is 127. The lowest BCUT2D eigenvalue weighted by atomic mass is 10.2. The number of hydrogen-bond acceptors (Lipinski definition) is 2. The van der Waals surface area contributed by atoms with Gasteiger partial charge in [-0.1, -0.05) is 30.3 Å². The number of carbonyl (C=O) groups is 1. The smallest absolute Gasteiger partial charge is 0.247 e. The molecule has 1 aromatic carbocycles. The standard InChI is InChI=1S/C9H10INO2/c10-13-7-9(12)11-6-8-4-2-1-3-5-8/h1-5H,6-7H2,(H,11,12). The molecule has 4 heteroatoms. The molecule has 1 N–H and O–H groups in total. The van der Waals surface area contributed by atoms with E-state index in [4.69, 9.17) is 0 Å². The number of carbonyl (C=O) groups excluding carboxylic acids is 1. The maximum absolute atomic E-state index is 11.0. The Morgan fingerprint density at radius 3 is 2.69 bits per heavy atom. The van der Waals surface area contributed by atoms with Crippen molar-refractivity contribution in [3.8, 4) is 0 Å². The minimum Gasteiger partial charge on any atom is -0.350 e. The normalized spacial score (nSPS) is 9.62. The summed E-state index contributed by atoms with van der Waals surface area (Å²) in [5.74, 6) is -0.0988. The molecule has 0 heterocycles. The molecular weight excluding hydrogens is 281 g/mol. The van der Waals surface area contributed by atoms with Crippen molar-refractivity contribution in [2.24, 2.45) is 0 Å². The fourth-order valence-corrected chi connectivity index (χ4v) is 1.18. The van der Waals surface area contributed by atoms with E-state index < -0.39 is 0 Å². The van der Waals surface area contributed by atoms with Crippen molar-refractivity contribution in [2.75, 3.05) is 6.61 Å². The Labute approximate surface area is 91.2 Å². The van der Waals surface area contributed by atoms with Crippen LogP contribution in [0.2, 0.25) is 0 Å². The minimum absolute atomic E-state index is 0.0988. The topological polar surface area (TPSA) is 38.3 Å². The van der Waals surface area contributed by atoms with Gasteiger partial charge in [-0.25, -0.2) is 0 Å². The number of benzene rings is 1. The Hall–Kier alpha value is -0.620. The van der Waals surface area contributed by atoms with Crippen LogP contribution in [0.5, 0.6) is 0 Å². The summed E-state index contributed by atoms with van der Waals surface area (Å²) in [6.45, 7) is 0.660. The molecule has 0 atom stereocenters. The van der Waals surface area contributed by atoms with Crippen molar-refractivity contribution in [1.29, 1.82) is 0 Å². The largest absolute Gasteiger partial charge is 0.350 e. The molecular formula is C9H10INO2. The summed E-state index contributed by atoms with van der Waals surface area (Å²) >= 11 is 1.70. The van der Waals surface area contributed by atoms with Gasteiger partial charge in [0.25, 0.3) is 0 Å². The molecule has 0 aliphatic carbocycles. The minimum atomic E-state index is -0.0988. The summed E-state index contributed by atoms with van der Waals surface area (Å²) in [4.78, 5) is 11.0. The van der Waals surface area contributed by atoms with E-state index in [2.05, 4.69) is 8.38 Å². The Morgan fingerprint density at radius 1 is 1.38 bits per heavy atom. The van der Waals surface area contributed by atoms with Gasteiger partial charge in [0.1, 0.15) is 29.6 Å². The fraction of sp³-hybridized carbons (Fsp3) is 0.222. The first-order valence-electron chi connectivity index (χ1n) is 3.87. The van der Waals surface area contributed by atoms with E-state index in [-0.39, 0.29) is 12.5 Å².